The van der Waals surface area contributed by atoms with Crippen LogP contribution in [-0.2, 0) is 27.5 Å². The predicted molar refractivity (Wildman–Crippen MR) is 142 cm³/mol. The number of hydrogen-bond donors (Lipinski definition) is 2. The summed E-state index contributed by atoms with van der Waals surface area (Å²) < 4.78 is 120. The van der Waals surface area contributed by atoms with E-state index in [1.165, 1.54) is 28.6 Å². The Morgan fingerprint density at radius 1 is 1.05 bits per heavy atom. The molecule has 1 aliphatic heterocycles. The van der Waals surface area contributed by atoms with Crippen LogP contribution in [0.1, 0.15) is 50.7 Å². The Morgan fingerprint density at radius 2 is 1.67 bits per heavy atom. The van der Waals surface area contributed by atoms with Gasteiger partial charge in [-0.1, -0.05) is 24.3 Å². The highest BCUT2D eigenvalue weighted by molar-refractivity contribution is 7.89. The van der Waals surface area contributed by atoms with Gasteiger partial charge < -0.3 is 10.6 Å². The third-order valence-corrected chi connectivity index (χ3v) is 10.4. The van der Waals surface area contributed by atoms with Crippen molar-refractivity contribution in [1.82, 2.24) is 14.9 Å². The van der Waals surface area contributed by atoms with Crippen molar-refractivity contribution in [2.24, 2.45) is 10.4 Å². The lowest BCUT2D eigenvalue weighted by atomic mass is 9.38. The van der Waals surface area contributed by atoms with Crippen LogP contribution in [-0.4, -0.2) is 54.3 Å². The maximum Gasteiger partial charge on any atom is 0.419 e. The SMILES string of the molecule is CC1(C)N=C(C23CC(N(Cc4ccc(C(F)(F)F)c(F)c4)S(=O)(=O)c4ccccc4)(C2)C3)N[C@H]1C(=O)NCCC(F)(F)F. The van der Waals surface area contributed by atoms with E-state index in [4.69, 9.17) is 0 Å². The second-order valence-electron chi connectivity index (χ2n) is 12.0. The fraction of sp³-hybridized carbons (Fsp3) is 0.500. The number of amides is 1. The van der Waals surface area contributed by atoms with Crippen LogP contribution in [0, 0.1) is 11.2 Å². The summed E-state index contributed by atoms with van der Waals surface area (Å²) in [6.07, 6.45) is -9.68. The molecule has 3 saturated carbocycles. The summed E-state index contributed by atoms with van der Waals surface area (Å²) in [5, 5.41) is 5.33. The Bertz CT molecular complexity index is 1540. The molecule has 0 radical (unpaired) electrons. The van der Waals surface area contributed by atoms with Gasteiger partial charge in [0.15, 0.2) is 0 Å². The Labute approximate surface area is 243 Å². The van der Waals surface area contributed by atoms with Crippen LogP contribution < -0.4 is 10.6 Å². The number of benzene rings is 2. The predicted octanol–water partition coefficient (Wildman–Crippen LogP) is 5.18. The summed E-state index contributed by atoms with van der Waals surface area (Å²) in [5.74, 6) is -1.71. The monoisotopic (exact) mass is 634 g/mol. The van der Waals surface area contributed by atoms with Gasteiger partial charge in [-0.05, 0) is 62.9 Å². The Balaban J connectivity index is 1.36. The summed E-state index contributed by atoms with van der Waals surface area (Å²) in [6, 6.07) is 8.86. The Morgan fingerprint density at radius 3 is 2.23 bits per heavy atom. The minimum absolute atomic E-state index is 0.0331. The molecular weight excluding hydrogens is 605 g/mol. The number of hydrogen-bond acceptors (Lipinski definition) is 5. The number of aliphatic imine (C=N–C) groups is 1. The van der Waals surface area contributed by atoms with Gasteiger partial charge in [0.25, 0.3) is 0 Å². The molecule has 6 rings (SSSR count). The van der Waals surface area contributed by atoms with Crippen LogP contribution in [0.3, 0.4) is 0 Å². The smallest absolute Gasteiger partial charge is 0.360 e. The molecule has 2 N–H and O–H groups in total. The topological polar surface area (TPSA) is 90.9 Å². The molecule has 0 saturated heterocycles. The Kier molecular flexibility index (Phi) is 7.39. The first-order valence-corrected chi connectivity index (χ1v) is 14.9. The summed E-state index contributed by atoms with van der Waals surface area (Å²) >= 11 is 0. The van der Waals surface area contributed by atoms with E-state index in [1.807, 2.05) is 0 Å². The van der Waals surface area contributed by atoms with Crippen LogP contribution in [0.15, 0.2) is 58.4 Å². The van der Waals surface area contributed by atoms with E-state index >= 15 is 0 Å². The van der Waals surface area contributed by atoms with Crippen LogP contribution in [0.25, 0.3) is 0 Å². The van der Waals surface area contributed by atoms with Crippen molar-refractivity contribution in [3.8, 4) is 0 Å². The van der Waals surface area contributed by atoms with Gasteiger partial charge in [-0.15, -0.1) is 0 Å². The van der Waals surface area contributed by atoms with Crippen LogP contribution in [0.2, 0.25) is 0 Å². The molecule has 0 unspecified atom stereocenters. The van der Waals surface area contributed by atoms with E-state index < -0.39 is 75.2 Å². The minimum atomic E-state index is -4.91. The van der Waals surface area contributed by atoms with Crippen LogP contribution in [0.4, 0.5) is 30.7 Å². The number of nitrogens with zero attached hydrogens (tertiary/aromatic N) is 2. The zero-order chi connectivity index (χ0) is 31.6. The molecule has 2 aromatic rings. The molecule has 2 bridgehead atoms. The fourth-order valence-corrected chi connectivity index (χ4v) is 8.09. The molecule has 0 aromatic heterocycles. The number of nitrogens with one attached hydrogen (secondary N) is 2. The zero-order valence-corrected chi connectivity index (χ0v) is 23.9. The van der Waals surface area contributed by atoms with Crippen molar-refractivity contribution in [3.05, 3.63) is 65.5 Å². The van der Waals surface area contributed by atoms with E-state index in [1.54, 1.807) is 19.9 Å². The molecule has 0 spiro atoms. The van der Waals surface area contributed by atoms with Crippen molar-refractivity contribution < 1.29 is 43.9 Å². The van der Waals surface area contributed by atoms with Crippen LogP contribution >= 0.6 is 0 Å². The van der Waals surface area contributed by atoms with Crippen LogP contribution in [0.5, 0.6) is 0 Å². The average molecular weight is 635 g/mol. The Hall–Kier alpha value is -3.20. The number of alkyl halides is 6. The summed E-state index contributed by atoms with van der Waals surface area (Å²) in [5.41, 5.74) is -3.96. The van der Waals surface area contributed by atoms with Gasteiger partial charge in [-0.3, -0.25) is 9.79 Å². The van der Waals surface area contributed by atoms with E-state index in [0.717, 1.165) is 6.07 Å². The third-order valence-electron chi connectivity index (χ3n) is 8.39. The molecule has 1 atom stereocenters. The quantitative estimate of drug-likeness (QED) is 0.373. The van der Waals surface area contributed by atoms with E-state index in [2.05, 4.69) is 15.6 Å². The number of amidine groups is 1. The first-order valence-electron chi connectivity index (χ1n) is 13.4. The van der Waals surface area contributed by atoms with E-state index in [9.17, 15) is 43.9 Å². The second kappa shape index (κ2) is 10.2. The number of halogens is 7. The van der Waals surface area contributed by atoms with Gasteiger partial charge in [0.1, 0.15) is 17.7 Å². The van der Waals surface area contributed by atoms with Gasteiger partial charge in [-0.25, -0.2) is 12.8 Å². The number of sulfonamides is 1. The van der Waals surface area contributed by atoms with Gasteiger partial charge in [0.2, 0.25) is 15.9 Å². The molecule has 1 amide bonds. The highest BCUT2D eigenvalue weighted by Crippen LogP contribution is 2.71. The van der Waals surface area contributed by atoms with Crippen molar-refractivity contribution >= 4 is 21.8 Å². The summed E-state index contributed by atoms with van der Waals surface area (Å²) in [4.78, 5) is 17.3. The normalized spacial score (nSPS) is 26.3. The molecule has 1 heterocycles. The minimum Gasteiger partial charge on any atom is -0.360 e. The summed E-state index contributed by atoms with van der Waals surface area (Å²) in [7, 11) is -4.18. The van der Waals surface area contributed by atoms with Crippen molar-refractivity contribution in [2.45, 2.75) is 80.4 Å². The highest BCUT2D eigenvalue weighted by atomic mass is 32.2. The molecule has 43 heavy (non-hydrogen) atoms. The van der Waals surface area contributed by atoms with E-state index in [0.29, 0.717) is 18.0 Å². The summed E-state index contributed by atoms with van der Waals surface area (Å²) in [6.45, 7) is 2.36. The van der Waals surface area contributed by atoms with Gasteiger partial charge in [0.05, 0.1) is 22.4 Å². The van der Waals surface area contributed by atoms with Crippen molar-refractivity contribution in [3.63, 3.8) is 0 Å². The standard InChI is InChI=1S/C28H29F7N4O3S/c1-24(2)21(22(40)36-11-10-27(30,31)32)37-23(38-24)25-14-26(15-25,16-25)39(43(41,42)18-6-4-3-5-7-18)13-17-8-9-19(20(29)12-17)28(33,34)35/h3-9,12,21H,10-11,13-16H2,1-2H3,(H,36,40)(H,37,38)/t21-,25?,26?/m0/s1. The van der Waals surface area contributed by atoms with Crippen molar-refractivity contribution in [1.29, 1.82) is 0 Å². The molecular formula is C28H29F7N4O3S. The second-order valence-corrected chi connectivity index (χ2v) is 13.9. The maximum atomic E-state index is 14.4. The largest absolute Gasteiger partial charge is 0.419 e. The van der Waals surface area contributed by atoms with Gasteiger partial charge in [0, 0.05) is 24.0 Å². The number of carbonyl (C=O) groups excluding carboxylic acids is 1. The molecule has 2 aromatic carbocycles. The molecule has 15 heteroatoms. The van der Waals surface area contributed by atoms with Gasteiger partial charge >= 0.3 is 12.4 Å². The third kappa shape index (κ3) is 5.73. The average Bonchev–Trinajstić information content (AvgIpc) is 3.15. The molecule has 7 nitrogen and oxygen atoms in total. The van der Waals surface area contributed by atoms with Crippen molar-refractivity contribution in [2.75, 3.05) is 6.54 Å². The first-order chi connectivity index (χ1) is 19.8. The number of rotatable bonds is 9. The maximum absolute atomic E-state index is 14.4. The lowest BCUT2D eigenvalue weighted by molar-refractivity contribution is -0.151. The lowest BCUT2D eigenvalue weighted by Gasteiger charge is -2.72. The molecule has 3 aliphatic carbocycles. The van der Waals surface area contributed by atoms with E-state index in [-0.39, 0.29) is 36.3 Å². The number of carbonyl (C=O) groups is 1. The zero-order valence-electron chi connectivity index (χ0n) is 23.1. The fourth-order valence-electron chi connectivity index (χ4n) is 6.32. The molecule has 4 aliphatic rings. The van der Waals surface area contributed by atoms with Gasteiger partial charge in [-0.2, -0.15) is 30.6 Å². The lowest BCUT2D eigenvalue weighted by Crippen LogP contribution is -2.78. The molecule has 3 fully saturated rings. The highest BCUT2D eigenvalue weighted by Gasteiger charge is 2.75. The first kappa shape index (κ1) is 31.2. The molecule has 234 valence electrons.